The summed E-state index contributed by atoms with van der Waals surface area (Å²) in [6, 6.07) is 7.58. The zero-order valence-corrected chi connectivity index (χ0v) is 12.5. The average molecular weight is 287 g/mol. The van der Waals surface area contributed by atoms with Gasteiger partial charge in [0.15, 0.2) is 0 Å². The number of para-hydroxylation sites is 1. The Morgan fingerprint density at radius 3 is 2.86 bits per heavy atom. The van der Waals surface area contributed by atoms with Gasteiger partial charge in [-0.2, -0.15) is 0 Å². The van der Waals surface area contributed by atoms with E-state index in [-0.39, 0.29) is 17.9 Å². The molecule has 21 heavy (non-hydrogen) atoms. The van der Waals surface area contributed by atoms with Crippen LogP contribution in [0.15, 0.2) is 29.3 Å². The Kier molecular flexibility index (Phi) is 5.09. The van der Waals surface area contributed by atoms with Gasteiger partial charge in [0.25, 0.3) is 0 Å². The summed E-state index contributed by atoms with van der Waals surface area (Å²) in [4.78, 5) is 27.4. The Hall–Kier alpha value is -2.17. The van der Waals surface area contributed by atoms with Crippen molar-refractivity contribution < 1.29 is 9.59 Å². The van der Waals surface area contributed by atoms with Crippen molar-refractivity contribution in [3.05, 3.63) is 29.8 Å². The van der Waals surface area contributed by atoms with E-state index < -0.39 is 0 Å². The van der Waals surface area contributed by atoms with Crippen molar-refractivity contribution in [3.63, 3.8) is 0 Å². The molecule has 0 aliphatic carbocycles. The molecule has 2 amide bonds. The minimum absolute atomic E-state index is 0.0487. The number of carbonyl (C=O) groups excluding carboxylic acids is 2. The number of nitrogens with one attached hydrogen (secondary N) is 2. The van der Waals surface area contributed by atoms with E-state index >= 15 is 0 Å². The molecule has 1 aromatic rings. The Morgan fingerprint density at radius 2 is 2.19 bits per heavy atom. The summed E-state index contributed by atoms with van der Waals surface area (Å²) in [5.41, 5.74) is 3.07. The summed E-state index contributed by atoms with van der Waals surface area (Å²) in [6.07, 6.45) is 1.72. The summed E-state index contributed by atoms with van der Waals surface area (Å²) < 4.78 is 0. The minimum Gasteiger partial charge on any atom is -0.354 e. The van der Waals surface area contributed by atoms with Crippen molar-refractivity contribution >= 4 is 23.2 Å². The first-order valence-electron chi connectivity index (χ1n) is 7.23. The maximum atomic E-state index is 11.8. The van der Waals surface area contributed by atoms with Gasteiger partial charge in [0.2, 0.25) is 11.8 Å². The van der Waals surface area contributed by atoms with E-state index in [0.29, 0.717) is 25.8 Å². The maximum Gasteiger partial charge on any atom is 0.242 e. The number of hydrogen-bond acceptors (Lipinski definition) is 3. The van der Waals surface area contributed by atoms with Crippen LogP contribution < -0.4 is 10.6 Å². The molecule has 2 rings (SSSR count). The third-order valence-electron chi connectivity index (χ3n) is 3.52. The van der Waals surface area contributed by atoms with E-state index in [4.69, 9.17) is 0 Å². The van der Waals surface area contributed by atoms with Crippen molar-refractivity contribution in [2.75, 3.05) is 6.54 Å². The summed E-state index contributed by atoms with van der Waals surface area (Å²) in [5.74, 6) is -0.156. The molecular weight excluding hydrogens is 266 g/mol. The van der Waals surface area contributed by atoms with E-state index in [1.54, 1.807) is 0 Å². The first kappa shape index (κ1) is 15.2. The van der Waals surface area contributed by atoms with Crippen LogP contribution in [0.4, 0.5) is 5.69 Å². The number of benzene rings is 1. The van der Waals surface area contributed by atoms with E-state index in [9.17, 15) is 9.59 Å². The predicted octanol–water partition coefficient (Wildman–Crippen LogP) is 1.87. The summed E-state index contributed by atoms with van der Waals surface area (Å²) in [7, 11) is 0. The van der Waals surface area contributed by atoms with E-state index in [1.165, 1.54) is 0 Å². The van der Waals surface area contributed by atoms with Crippen LogP contribution in [-0.4, -0.2) is 30.1 Å². The number of amides is 2. The lowest BCUT2D eigenvalue weighted by Gasteiger charge is -2.10. The Balaban J connectivity index is 1.79. The van der Waals surface area contributed by atoms with Crippen molar-refractivity contribution in [2.45, 2.75) is 39.2 Å². The maximum absolute atomic E-state index is 11.8. The number of carbonyl (C=O) groups is 2. The van der Waals surface area contributed by atoms with Crippen molar-refractivity contribution in [1.82, 2.24) is 10.6 Å². The second-order valence-corrected chi connectivity index (χ2v) is 5.33. The van der Waals surface area contributed by atoms with Gasteiger partial charge in [-0.05, 0) is 31.9 Å². The van der Waals surface area contributed by atoms with Crippen molar-refractivity contribution in [2.24, 2.45) is 4.99 Å². The highest BCUT2D eigenvalue weighted by molar-refractivity contribution is 5.91. The average Bonchev–Trinajstić information content (AvgIpc) is 2.88. The van der Waals surface area contributed by atoms with Gasteiger partial charge in [0.1, 0.15) is 6.04 Å². The lowest BCUT2D eigenvalue weighted by molar-refractivity contribution is -0.125. The SMILES string of the molecule is CC(CCNC(=O)C1CCC(=O)N1)=Nc1ccccc1C. The number of nitrogens with zero attached hydrogens (tertiary/aromatic N) is 1. The fourth-order valence-electron chi connectivity index (χ4n) is 2.25. The van der Waals surface area contributed by atoms with Crippen LogP contribution in [0.2, 0.25) is 0 Å². The summed E-state index contributed by atoms with van der Waals surface area (Å²) in [6.45, 7) is 4.51. The van der Waals surface area contributed by atoms with E-state index in [1.807, 2.05) is 38.1 Å². The first-order chi connectivity index (χ1) is 10.1. The van der Waals surface area contributed by atoms with Crippen LogP contribution in [0.3, 0.4) is 0 Å². The molecule has 1 fully saturated rings. The molecule has 1 aliphatic rings. The van der Waals surface area contributed by atoms with Gasteiger partial charge in [-0.15, -0.1) is 0 Å². The Bertz CT molecular complexity index is 566. The molecule has 0 radical (unpaired) electrons. The molecule has 0 spiro atoms. The largest absolute Gasteiger partial charge is 0.354 e. The number of rotatable bonds is 5. The quantitative estimate of drug-likeness (QED) is 0.812. The smallest absolute Gasteiger partial charge is 0.242 e. The van der Waals surface area contributed by atoms with Crippen LogP contribution in [0, 0.1) is 6.92 Å². The molecule has 1 aromatic carbocycles. The highest BCUT2D eigenvalue weighted by Gasteiger charge is 2.26. The lowest BCUT2D eigenvalue weighted by atomic mass is 10.2. The third kappa shape index (κ3) is 4.41. The Morgan fingerprint density at radius 1 is 1.43 bits per heavy atom. The molecule has 5 heteroatoms. The molecule has 112 valence electrons. The zero-order chi connectivity index (χ0) is 15.2. The van der Waals surface area contributed by atoms with Gasteiger partial charge >= 0.3 is 0 Å². The number of aryl methyl sites for hydroxylation is 1. The fourth-order valence-corrected chi connectivity index (χ4v) is 2.25. The minimum atomic E-state index is -0.369. The van der Waals surface area contributed by atoms with Gasteiger partial charge in [-0.25, -0.2) is 0 Å². The van der Waals surface area contributed by atoms with Gasteiger partial charge in [-0.3, -0.25) is 14.6 Å². The zero-order valence-electron chi connectivity index (χ0n) is 12.5. The number of aliphatic imine (C=N–C) groups is 1. The molecule has 1 unspecified atom stereocenters. The van der Waals surface area contributed by atoms with Crippen LogP contribution in [0.5, 0.6) is 0 Å². The summed E-state index contributed by atoms with van der Waals surface area (Å²) in [5, 5.41) is 5.50. The molecular formula is C16H21N3O2. The van der Waals surface area contributed by atoms with Gasteiger partial charge in [0.05, 0.1) is 5.69 Å². The molecule has 5 nitrogen and oxygen atoms in total. The highest BCUT2D eigenvalue weighted by Crippen LogP contribution is 2.17. The van der Waals surface area contributed by atoms with E-state index in [2.05, 4.69) is 15.6 Å². The monoisotopic (exact) mass is 287 g/mol. The molecule has 1 heterocycles. The molecule has 0 aromatic heterocycles. The van der Waals surface area contributed by atoms with Crippen LogP contribution >= 0.6 is 0 Å². The van der Waals surface area contributed by atoms with Gasteiger partial charge in [-0.1, -0.05) is 18.2 Å². The molecule has 2 N–H and O–H groups in total. The fraction of sp³-hybridized carbons (Fsp3) is 0.438. The molecule has 1 atom stereocenters. The standard InChI is InChI=1S/C16H21N3O2/c1-11-5-3-4-6-13(11)18-12(2)9-10-17-16(21)14-7-8-15(20)19-14/h3-6,14H,7-10H2,1-2H3,(H,17,21)(H,19,20). The van der Waals surface area contributed by atoms with E-state index in [0.717, 1.165) is 17.0 Å². The first-order valence-corrected chi connectivity index (χ1v) is 7.23. The van der Waals surface area contributed by atoms with Crippen molar-refractivity contribution in [1.29, 1.82) is 0 Å². The van der Waals surface area contributed by atoms with Gasteiger partial charge < -0.3 is 10.6 Å². The topological polar surface area (TPSA) is 70.6 Å². The predicted molar refractivity (Wildman–Crippen MR) is 82.7 cm³/mol. The molecule has 0 bridgehead atoms. The lowest BCUT2D eigenvalue weighted by Crippen LogP contribution is -2.42. The van der Waals surface area contributed by atoms with Crippen LogP contribution in [0.1, 0.15) is 31.7 Å². The molecule has 1 saturated heterocycles. The highest BCUT2D eigenvalue weighted by atomic mass is 16.2. The van der Waals surface area contributed by atoms with Crippen LogP contribution in [0.25, 0.3) is 0 Å². The van der Waals surface area contributed by atoms with Crippen LogP contribution in [-0.2, 0) is 9.59 Å². The summed E-state index contributed by atoms with van der Waals surface area (Å²) >= 11 is 0. The third-order valence-corrected chi connectivity index (χ3v) is 3.52. The van der Waals surface area contributed by atoms with Crippen molar-refractivity contribution in [3.8, 4) is 0 Å². The second-order valence-electron chi connectivity index (χ2n) is 5.33. The molecule has 0 saturated carbocycles. The second kappa shape index (κ2) is 7.02. The number of hydrogen-bond donors (Lipinski definition) is 2. The Labute approximate surface area is 124 Å². The molecule has 1 aliphatic heterocycles. The normalized spacial score (nSPS) is 18.5. The van der Waals surface area contributed by atoms with Gasteiger partial charge in [0, 0.05) is 25.1 Å².